The van der Waals surface area contributed by atoms with E-state index in [2.05, 4.69) is 187 Å². The summed E-state index contributed by atoms with van der Waals surface area (Å²) in [4.78, 5) is 10.7. The Labute approximate surface area is 336 Å². The van der Waals surface area contributed by atoms with Gasteiger partial charge in [0.2, 0.25) is 0 Å². The minimum Gasteiger partial charge on any atom is -0.307 e. The van der Waals surface area contributed by atoms with E-state index in [0.29, 0.717) is 0 Å². The van der Waals surface area contributed by atoms with Crippen LogP contribution in [0, 0.1) is 0 Å². The molecule has 0 atom stereocenters. The van der Waals surface area contributed by atoms with Gasteiger partial charge in [0.25, 0.3) is 0 Å². The molecule has 0 bridgehead atoms. The van der Waals surface area contributed by atoms with Crippen molar-refractivity contribution in [1.29, 1.82) is 0 Å². The predicted molar refractivity (Wildman–Crippen MR) is 244 cm³/mol. The van der Waals surface area contributed by atoms with Gasteiger partial charge in [0, 0.05) is 63.3 Å². The number of benzene rings is 8. The first kappa shape index (κ1) is 32.3. The fourth-order valence-electron chi connectivity index (χ4n) is 8.69. The molecule has 0 N–H and O–H groups in total. The molecule has 12 rings (SSSR count). The van der Waals surface area contributed by atoms with Crippen molar-refractivity contribution in [3.63, 3.8) is 0 Å². The Morgan fingerprint density at radius 1 is 0.404 bits per heavy atom. The molecule has 0 fully saturated rings. The average Bonchev–Trinajstić information content (AvgIpc) is 3.96. The van der Waals surface area contributed by atoms with E-state index in [1.54, 1.807) is 11.3 Å². The van der Waals surface area contributed by atoms with Gasteiger partial charge >= 0.3 is 0 Å². The van der Waals surface area contributed by atoms with Crippen molar-refractivity contribution < 1.29 is 0 Å². The first-order valence-corrected chi connectivity index (χ1v) is 20.8. The molecular formula is C52H31N3S2. The van der Waals surface area contributed by atoms with Crippen LogP contribution in [0.5, 0.6) is 0 Å². The van der Waals surface area contributed by atoms with E-state index >= 15 is 0 Å². The maximum Gasteiger partial charge on any atom is 0.160 e. The number of hydrogen-bond donors (Lipinski definition) is 0. The number of para-hydroxylation sites is 1. The first-order chi connectivity index (χ1) is 28.3. The third kappa shape index (κ3) is 5.03. The summed E-state index contributed by atoms with van der Waals surface area (Å²) in [6, 6.07) is 67.8. The van der Waals surface area contributed by atoms with Crippen molar-refractivity contribution in [2.24, 2.45) is 0 Å². The monoisotopic (exact) mass is 761 g/mol. The fourth-order valence-corrected chi connectivity index (χ4v) is 10.9. The van der Waals surface area contributed by atoms with Crippen molar-refractivity contribution in [1.82, 2.24) is 14.5 Å². The smallest absolute Gasteiger partial charge is 0.160 e. The summed E-state index contributed by atoms with van der Waals surface area (Å²) in [5, 5.41) is 6.22. The number of nitrogens with zero attached hydrogens (tertiary/aromatic N) is 3. The Bertz CT molecular complexity index is 3450. The first-order valence-electron chi connectivity index (χ1n) is 19.2. The Morgan fingerprint density at radius 2 is 0.965 bits per heavy atom. The van der Waals surface area contributed by atoms with Gasteiger partial charge in [-0.05, 0) is 47.5 Å². The Kier molecular flexibility index (Phi) is 7.27. The quantitative estimate of drug-likeness (QED) is 0.175. The number of rotatable bonds is 5. The van der Waals surface area contributed by atoms with E-state index in [9.17, 15) is 0 Å². The molecule has 4 heterocycles. The second kappa shape index (κ2) is 12.8. The molecule has 0 unspecified atom stereocenters. The van der Waals surface area contributed by atoms with Crippen LogP contribution in [0.15, 0.2) is 188 Å². The SMILES string of the molecule is c1ccc(-c2nc(-c3cc(-c4ccccc4)c(-n4c5ccccc5c5ccc6sc7ccccc7c6c54)c(-c4ccccc4)c3)c3sc4ccccc4c3n2)cc1. The summed E-state index contributed by atoms with van der Waals surface area (Å²) in [7, 11) is 0. The van der Waals surface area contributed by atoms with Gasteiger partial charge in [-0.1, -0.05) is 152 Å². The van der Waals surface area contributed by atoms with Crippen molar-refractivity contribution >= 4 is 85.0 Å². The maximum absolute atomic E-state index is 5.46. The second-order valence-corrected chi connectivity index (χ2v) is 16.6. The maximum atomic E-state index is 5.46. The van der Waals surface area contributed by atoms with Gasteiger partial charge in [-0.2, -0.15) is 0 Å². The van der Waals surface area contributed by atoms with E-state index < -0.39 is 0 Å². The molecule has 0 saturated heterocycles. The van der Waals surface area contributed by atoms with E-state index in [1.807, 2.05) is 17.4 Å². The molecule has 8 aromatic carbocycles. The van der Waals surface area contributed by atoms with Gasteiger partial charge in [-0.25, -0.2) is 9.97 Å². The molecule has 0 spiro atoms. The van der Waals surface area contributed by atoms with Gasteiger partial charge in [-0.15, -0.1) is 22.7 Å². The molecule has 57 heavy (non-hydrogen) atoms. The summed E-state index contributed by atoms with van der Waals surface area (Å²) < 4.78 is 7.43. The van der Waals surface area contributed by atoms with E-state index in [4.69, 9.17) is 9.97 Å². The zero-order chi connectivity index (χ0) is 37.5. The van der Waals surface area contributed by atoms with Crippen LogP contribution in [0.1, 0.15) is 0 Å². The molecule has 0 saturated carbocycles. The number of thiophene rings is 2. The normalized spacial score (nSPS) is 11.9. The number of hydrogen-bond acceptors (Lipinski definition) is 4. The zero-order valence-corrected chi connectivity index (χ0v) is 32.2. The highest BCUT2D eigenvalue weighted by molar-refractivity contribution is 7.26. The highest BCUT2D eigenvalue weighted by Crippen LogP contribution is 2.48. The van der Waals surface area contributed by atoms with E-state index in [1.165, 1.54) is 46.7 Å². The van der Waals surface area contributed by atoms with Crippen molar-refractivity contribution in [3.8, 4) is 50.6 Å². The summed E-state index contributed by atoms with van der Waals surface area (Å²) in [6.45, 7) is 0. The van der Waals surface area contributed by atoms with Gasteiger partial charge in [0.05, 0.1) is 32.6 Å². The van der Waals surface area contributed by atoms with Crippen LogP contribution in [0.4, 0.5) is 0 Å². The molecule has 266 valence electrons. The van der Waals surface area contributed by atoms with Crippen molar-refractivity contribution in [2.75, 3.05) is 0 Å². The van der Waals surface area contributed by atoms with Crippen LogP contribution in [0.2, 0.25) is 0 Å². The predicted octanol–water partition coefficient (Wildman–Crippen LogP) is 15.0. The molecule has 3 nitrogen and oxygen atoms in total. The molecule has 0 radical (unpaired) electrons. The van der Waals surface area contributed by atoms with Crippen LogP contribution in [-0.2, 0) is 0 Å². The molecule has 0 aliphatic heterocycles. The van der Waals surface area contributed by atoms with Crippen molar-refractivity contribution in [3.05, 3.63) is 188 Å². The fraction of sp³-hybridized carbons (Fsp3) is 0. The average molecular weight is 762 g/mol. The molecule has 12 aromatic rings. The highest BCUT2D eigenvalue weighted by Gasteiger charge is 2.25. The summed E-state index contributed by atoms with van der Waals surface area (Å²) in [5.41, 5.74) is 12.1. The standard InChI is InChI=1S/C52H31N3S2/c1-4-16-32(17-5-1)40-30-35(47-51-48(39-24-12-15-27-44(39)57-51)54-52(53-47)34-20-8-3-9-21-34)31-41(33-18-6-2-7-19-33)49(40)55-42-25-13-10-22-36(42)37-28-29-45-46(50(37)55)38-23-11-14-26-43(38)56-45/h1-31H. The lowest BCUT2D eigenvalue weighted by Crippen LogP contribution is -2.02. The summed E-state index contributed by atoms with van der Waals surface area (Å²) in [6.07, 6.45) is 0. The molecule has 0 amide bonds. The molecule has 5 heteroatoms. The Balaban J connectivity index is 1.27. The lowest BCUT2D eigenvalue weighted by Gasteiger charge is -2.21. The molecule has 0 aliphatic carbocycles. The van der Waals surface area contributed by atoms with Gasteiger partial charge in [-0.3, -0.25) is 0 Å². The topological polar surface area (TPSA) is 30.7 Å². The molecule has 0 aliphatic rings. The van der Waals surface area contributed by atoms with Crippen molar-refractivity contribution in [2.45, 2.75) is 0 Å². The Hall–Kier alpha value is -6.92. The zero-order valence-electron chi connectivity index (χ0n) is 30.6. The summed E-state index contributed by atoms with van der Waals surface area (Å²) >= 11 is 3.64. The van der Waals surface area contributed by atoms with Gasteiger partial charge < -0.3 is 4.57 Å². The number of aromatic nitrogens is 3. The number of fused-ring (bicyclic) bond motifs is 10. The third-order valence-electron chi connectivity index (χ3n) is 11.2. The largest absolute Gasteiger partial charge is 0.307 e. The van der Waals surface area contributed by atoms with Crippen LogP contribution >= 0.6 is 22.7 Å². The van der Waals surface area contributed by atoms with Crippen LogP contribution in [0.3, 0.4) is 0 Å². The third-order valence-corrected chi connectivity index (χ3v) is 13.5. The lowest BCUT2D eigenvalue weighted by molar-refractivity contribution is 1.19. The van der Waals surface area contributed by atoms with Crippen LogP contribution in [0.25, 0.3) is 113 Å². The minimum absolute atomic E-state index is 0.724. The lowest BCUT2D eigenvalue weighted by atomic mass is 9.91. The molecule has 4 aromatic heterocycles. The van der Waals surface area contributed by atoms with Crippen LogP contribution < -0.4 is 0 Å². The highest BCUT2D eigenvalue weighted by atomic mass is 32.1. The Morgan fingerprint density at radius 3 is 1.65 bits per heavy atom. The second-order valence-electron chi connectivity index (χ2n) is 14.5. The van der Waals surface area contributed by atoms with Gasteiger partial charge in [0.15, 0.2) is 5.82 Å². The molecular weight excluding hydrogens is 731 g/mol. The van der Waals surface area contributed by atoms with E-state index in [0.717, 1.165) is 66.2 Å². The summed E-state index contributed by atoms with van der Waals surface area (Å²) in [5.74, 6) is 0.724. The van der Waals surface area contributed by atoms with Gasteiger partial charge in [0.1, 0.15) is 0 Å². The van der Waals surface area contributed by atoms with Crippen LogP contribution in [-0.4, -0.2) is 14.5 Å². The van der Waals surface area contributed by atoms with E-state index in [-0.39, 0.29) is 0 Å². The minimum atomic E-state index is 0.724.